The summed E-state index contributed by atoms with van der Waals surface area (Å²) in [7, 11) is 2.01. The van der Waals surface area contributed by atoms with Gasteiger partial charge in [-0.1, -0.05) is 6.92 Å². The Morgan fingerprint density at radius 1 is 1.42 bits per heavy atom. The highest BCUT2D eigenvalue weighted by molar-refractivity contribution is 5.46. The molecule has 0 aromatic carbocycles. The van der Waals surface area contributed by atoms with Crippen LogP contribution in [0.5, 0.6) is 0 Å². The number of nitrogens with zero attached hydrogens (tertiary/aromatic N) is 3. The molecule has 0 amide bonds. The van der Waals surface area contributed by atoms with Crippen molar-refractivity contribution in [2.45, 2.75) is 32.6 Å². The summed E-state index contributed by atoms with van der Waals surface area (Å²) in [6.45, 7) is 4.58. The second-order valence-corrected chi connectivity index (χ2v) is 5.26. The number of hydrogen-bond donors (Lipinski definition) is 1. The number of hydrogen-bond acceptors (Lipinski definition) is 5. The number of nitrogen functional groups attached to an aromatic ring is 1. The maximum atomic E-state index is 5.82. The van der Waals surface area contributed by atoms with E-state index in [1.165, 1.54) is 12.8 Å². The first-order valence-corrected chi connectivity index (χ1v) is 7.11. The normalized spacial score (nSPS) is 14.6. The van der Waals surface area contributed by atoms with Crippen LogP contribution in [0.4, 0.5) is 11.6 Å². The number of anilines is 2. The molecule has 0 aliphatic heterocycles. The van der Waals surface area contributed by atoms with E-state index in [-0.39, 0.29) is 0 Å². The summed E-state index contributed by atoms with van der Waals surface area (Å²) in [5, 5.41) is 0. The molecule has 0 unspecified atom stereocenters. The van der Waals surface area contributed by atoms with Crippen molar-refractivity contribution in [3.63, 3.8) is 0 Å². The highest BCUT2D eigenvalue weighted by atomic mass is 16.5. The fourth-order valence-corrected chi connectivity index (χ4v) is 1.88. The molecule has 0 bridgehead atoms. The van der Waals surface area contributed by atoms with E-state index < -0.39 is 0 Å². The maximum Gasteiger partial charge on any atom is 0.134 e. The van der Waals surface area contributed by atoms with Crippen molar-refractivity contribution in [3.8, 4) is 0 Å². The van der Waals surface area contributed by atoms with E-state index >= 15 is 0 Å². The van der Waals surface area contributed by atoms with Gasteiger partial charge < -0.3 is 15.4 Å². The van der Waals surface area contributed by atoms with Crippen LogP contribution >= 0.6 is 0 Å². The third-order valence-corrected chi connectivity index (χ3v) is 3.26. The molecule has 1 heterocycles. The van der Waals surface area contributed by atoms with Crippen molar-refractivity contribution < 1.29 is 4.74 Å². The van der Waals surface area contributed by atoms with Crippen LogP contribution in [0, 0.1) is 5.92 Å². The number of ether oxygens (including phenoxy) is 1. The molecule has 1 aliphatic rings. The molecule has 0 saturated heterocycles. The molecule has 1 fully saturated rings. The van der Waals surface area contributed by atoms with E-state index in [1.807, 2.05) is 13.1 Å². The Morgan fingerprint density at radius 3 is 2.89 bits per heavy atom. The molecule has 106 valence electrons. The summed E-state index contributed by atoms with van der Waals surface area (Å²) < 4.78 is 5.64. The molecule has 5 heteroatoms. The summed E-state index contributed by atoms with van der Waals surface area (Å²) in [5.74, 6) is 3.06. The van der Waals surface area contributed by atoms with Crippen molar-refractivity contribution in [2.24, 2.45) is 5.92 Å². The molecule has 1 aliphatic carbocycles. The van der Waals surface area contributed by atoms with Crippen LogP contribution in [0.25, 0.3) is 0 Å². The average Bonchev–Trinajstić information content (AvgIpc) is 3.18. The van der Waals surface area contributed by atoms with Gasteiger partial charge in [-0.05, 0) is 25.2 Å². The zero-order valence-electron chi connectivity index (χ0n) is 11.9. The summed E-state index contributed by atoms with van der Waals surface area (Å²) in [6.07, 6.45) is 4.55. The highest BCUT2D eigenvalue weighted by Crippen LogP contribution is 2.28. The zero-order valence-corrected chi connectivity index (χ0v) is 11.9. The number of likely N-dealkylation sites (N-methyl/N-ethyl adjacent to an activating group) is 1. The third-order valence-electron chi connectivity index (χ3n) is 3.26. The number of nitrogens with two attached hydrogens (primary N) is 1. The largest absolute Gasteiger partial charge is 0.384 e. The molecular formula is C14H24N4O. The van der Waals surface area contributed by atoms with E-state index in [0.29, 0.717) is 5.82 Å². The standard InChI is InChI=1S/C14H24N4O/c1-3-4-13-16-12(15)9-14(17-13)18(2)7-8-19-10-11-5-6-11/h9,11H,3-8,10H2,1-2H3,(H2,15,16,17). The Labute approximate surface area is 115 Å². The van der Waals surface area contributed by atoms with Crippen molar-refractivity contribution in [3.05, 3.63) is 11.9 Å². The lowest BCUT2D eigenvalue weighted by atomic mass is 10.3. The minimum Gasteiger partial charge on any atom is -0.384 e. The molecule has 1 saturated carbocycles. The Kier molecular flexibility index (Phi) is 4.96. The van der Waals surface area contributed by atoms with Gasteiger partial charge in [0.15, 0.2) is 0 Å². The van der Waals surface area contributed by atoms with E-state index in [2.05, 4.69) is 21.8 Å². The van der Waals surface area contributed by atoms with E-state index in [1.54, 1.807) is 0 Å². The molecular weight excluding hydrogens is 240 g/mol. The molecule has 2 N–H and O–H groups in total. The molecule has 5 nitrogen and oxygen atoms in total. The Morgan fingerprint density at radius 2 is 2.21 bits per heavy atom. The van der Waals surface area contributed by atoms with Crippen molar-refractivity contribution in [1.82, 2.24) is 9.97 Å². The smallest absolute Gasteiger partial charge is 0.134 e. The maximum absolute atomic E-state index is 5.82. The van der Waals surface area contributed by atoms with Gasteiger partial charge >= 0.3 is 0 Å². The van der Waals surface area contributed by atoms with Crippen molar-refractivity contribution in [1.29, 1.82) is 0 Å². The van der Waals surface area contributed by atoms with E-state index in [9.17, 15) is 0 Å². The summed E-state index contributed by atoms with van der Waals surface area (Å²) >= 11 is 0. The van der Waals surface area contributed by atoms with Gasteiger partial charge in [-0.3, -0.25) is 0 Å². The van der Waals surface area contributed by atoms with Crippen molar-refractivity contribution >= 4 is 11.6 Å². The predicted molar refractivity (Wildman–Crippen MR) is 77.3 cm³/mol. The minimum atomic E-state index is 0.541. The molecule has 0 spiro atoms. The Hall–Kier alpha value is -1.36. The lowest BCUT2D eigenvalue weighted by Crippen LogP contribution is -2.24. The molecule has 0 radical (unpaired) electrons. The molecule has 19 heavy (non-hydrogen) atoms. The first-order valence-electron chi connectivity index (χ1n) is 7.11. The summed E-state index contributed by atoms with van der Waals surface area (Å²) in [5.41, 5.74) is 5.82. The van der Waals surface area contributed by atoms with Crippen LogP contribution in [0.1, 0.15) is 32.0 Å². The first kappa shape index (κ1) is 14.1. The fraction of sp³-hybridized carbons (Fsp3) is 0.714. The third kappa shape index (κ3) is 4.67. The van der Waals surface area contributed by atoms with Crippen LogP contribution in [-0.4, -0.2) is 36.8 Å². The highest BCUT2D eigenvalue weighted by Gasteiger charge is 2.21. The van der Waals surface area contributed by atoms with Crippen LogP contribution in [-0.2, 0) is 11.2 Å². The van der Waals surface area contributed by atoms with E-state index in [0.717, 1.165) is 50.2 Å². The van der Waals surface area contributed by atoms with Crippen LogP contribution < -0.4 is 10.6 Å². The predicted octanol–water partition coefficient (Wildman–Crippen LogP) is 1.87. The summed E-state index contributed by atoms with van der Waals surface area (Å²) in [4.78, 5) is 10.8. The minimum absolute atomic E-state index is 0.541. The van der Waals surface area contributed by atoms with E-state index in [4.69, 9.17) is 10.5 Å². The second-order valence-electron chi connectivity index (χ2n) is 5.26. The zero-order chi connectivity index (χ0) is 13.7. The first-order chi connectivity index (χ1) is 9.19. The average molecular weight is 264 g/mol. The van der Waals surface area contributed by atoms with Gasteiger partial charge in [-0.25, -0.2) is 9.97 Å². The monoisotopic (exact) mass is 264 g/mol. The molecule has 0 atom stereocenters. The van der Waals surface area contributed by atoms with Gasteiger partial charge in [0.05, 0.1) is 6.61 Å². The molecule has 2 rings (SSSR count). The van der Waals surface area contributed by atoms with Gasteiger partial charge in [-0.15, -0.1) is 0 Å². The van der Waals surface area contributed by atoms with Gasteiger partial charge in [0, 0.05) is 32.7 Å². The van der Waals surface area contributed by atoms with Crippen LogP contribution in [0.2, 0.25) is 0 Å². The lowest BCUT2D eigenvalue weighted by Gasteiger charge is -2.19. The number of aromatic nitrogens is 2. The molecule has 1 aromatic heterocycles. The topological polar surface area (TPSA) is 64.3 Å². The Balaban J connectivity index is 1.83. The van der Waals surface area contributed by atoms with Crippen LogP contribution in [0.3, 0.4) is 0 Å². The lowest BCUT2D eigenvalue weighted by molar-refractivity contribution is 0.131. The SMILES string of the molecule is CCCc1nc(N)cc(N(C)CCOCC2CC2)n1. The van der Waals surface area contributed by atoms with Gasteiger partial charge in [0.1, 0.15) is 17.5 Å². The summed E-state index contributed by atoms with van der Waals surface area (Å²) in [6, 6.07) is 1.82. The second kappa shape index (κ2) is 6.70. The van der Waals surface area contributed by atoms with Gasteiger partial charge in [0.2, 0.25) is 0 Å². The van der Waals surface area contributed by atoms with Gasteiger partial charge in [0.25, 0.3) is 0 Å². The molecule has 1 aromatic rings. The van der Waals surface area contributed by atoms with Crippen LogP contribution in [0.15, 0.2) is 6.07 Å². The van der Waals surface area contributed by atoms with Gasteiger partial charge in [-0.2, -0.15) is 0 Å². The number of rotatable bonds is 8. The van der Waals surface area contributed by atoms with Crippen molar-refractivity contribution in [2.75, 3.05) is 37.4 Å². The Bertz CT molecular complexity index is 406. The quantitative estimate of drug-likeness (QED) is 0.726. The number of aryl methyl sites for hydroxylation is 1. The fourth-order valence-electron chi connectivity index (χ4n) is 1.88.